The zero-order valence-electron chi connectivity index (χ0n) is 15.1. The first-order valence-corrected chi connectivity index (χ1v) is 7.80. The number of aliphatic imine (C=N–C) groups is 1. The molecular formula is C15H33IN4O3. The third-order valence-electron chi connectivity index (χ3n) is 2.78. The molecule has 0 heterocycles. The Morgan fingerprint density at radius 2 is 1.78 bits per heavy atom. The molecule has 0 spiro atoms. The second-order valence-corrected chi connectivity index (χ2v) is 5.43. The van der Waals surface area contributed by atoms with Crippen LogP contribution in [0.3, 0.4) is 0 Å². The monoisotopic (exact) mass is 444 g/mol. The van der Waals surface area contributed by atoms with Crippen LogP contribution in [0.15, 0.2) is 4.99 Å². The van der Waals surface area contributed by atoms with Gasteiger partial charge in [0.2, 0.25) is 5.91 Å². The molecule has 0 aromatic heterocycles. The van der Waals surface area contributed by atoms with Crippen molar-refractivity contribution in [1.82, 2.24) is 15.5 Å². The number of carbonyl (C=O) groups excluding carboxylic acids is 1. The number of nitrogens with zero attached hydrogens (tertiary/aromatic N) is 2. The number of ether oxygens (including phenoxy) is 2. The van der Waals surface area contributed by atoms with E-state index in [1.165, 1.54) is 4.90 Å². The average molecular weight is 444 g/mol. The molecule has 0 aliphatic rings. The highest BCUT2D eigenvalue weighted by Crippen LogP contribution is 1.93. The van der Waals surface area contributed by atoms with Gasteiger partial charge in [-0.1, -0.05) is 0 Å². The maximum absolute atomic E-state index is 11.6. The average Bonchev–Trinajstić information content (AvgIpc) is 2.46. The van der Waals surface area contributed by atoms with E-state index in [9.17, 15) is 4.79 Å². The number of methoxy groups -OCH3 is 1. The summed E-state index contributed by atoms with van der Waals surface area (Å²) in [5.41, 5.74) is 0. The first-order chi connectivity index (χ1) is 10.5. The number of hydrogen-bond acceptors (Lipinski definition) is 4. The van der Waals surface area contributed by atoms with E-state index in [2.05, 4.69) is 15.6 Å². The molecular weight excluding hydrogens is 411 g/mol. The topological polar surface area (TPSA) is 75.2 Å². The van der Waals surface area contributed by atoms with Crippen LogP contribution in [-0.4, -0.2) is 76.9 Å². The van der Waals surface area contributed by atoms with Gasteiger partial charge in [-0.2, -0.15) is 0 Å². The fourth-order valence-corrected chi connectivity index (χ4v) is 1.49. The minimum atomic E-state index is -0.0295. The Morgan fingerprint density at radius 1 is 1.13 bits per heavy atom. The predicted molar refractivity (Wildman–Crippen MR) is 105 cm³/mol. The molecule has 0 rings (SSSR count). The van der Waals surface area contributed by atoms with Crippen molar-refractivity contribution in [3.63, 3.8) is 0 Å². The van der Waals surface area contributed by atoms with Gasteiger partial charge < -0.3 is 25.0 Å². The van der Waals surface area contributed by atoms with Gasteiger partial charge in [0, 0.05) is 40.9 Å². The van der Waals surface area contributed by atoms with Crippen molar-refractivity contribution in [3.8, 4) is 0 Å². The van der Waals surface area contributed by atoms with Crippen LogP contribution in [-0.2, 0) is 14.3 Å². The van der Waals surface area contributed by atoms with E-state index < -0.39 is 0 Å². The number of rotatable bonds is 11. The Morgan fingerprint density at radius 3 is 2.35 bits per heavy atom. The first-order valence-electron chi connectivity index (χ1n) is 7.80. The second kappa shape index (κ2) is 16.3. The molecule has 2 N–H and O–H groups in total. The fraction of sp³-hybridized carbons (Fsp3) is 0.867. The highest BCUT2D eigenvalue weighted by molar-refractivity contribution is 14.0. The van der Waals surface area contributed by atoms with Gasteiger partial charge in [-0.05, 0) is 26.7 Å². The lowest BCUT2D eigenvalue weighted by molar-refractivity contribution is -0.127. The zero-order valence-corrected chi connectivity index (χ0v) is 17.4. The summed E-state index contributed by atoms with van der Waals surface area (Å²) in [6.07, 6.45) is 2.25. The maximum Gasteiger partial charge on any atom is 0.243 e. The quantitative estimate of drug-likeness (QED) is 0.216. The Balaban J connectivity index is 0. The van der Waals surface area contributed by atoms with Crippen molar-refractivity contribution in [3.05, 3.63) is 0 Å². The number of unbranched alkanes of at least 4 members (excludes halogenated alkanes) is 1. The number of amides is 1. The number of nitrogens with one attached hydrogen (secondary N) is 2. The Bertz CT molecular complexity index is 326. The Hall–Kier alpha value is -0.610. The molecule has 1 amide bonds. The molecule has 7 nitrogen and oxygen atoms in total. The van der Waals surface area contributed by atoms with Crippen LogP contribution in [0.2, 0.25) is 0 Å². The number of carbonyl (C=O) groups is 1. The summed E-state index contributed by atoms with van der Waals surface area (Å²) in [4.78, 5) is 17.4. The van der Waals surface area contributed by atoms with Crippen LogP contribution < -0.4 is 10.6 Å². The van der Waals surface area contributed by atoms with Crippen LogP contribution in [0.1, 0.15) is 26.7 Å². The van der Waals surface area contributed by atoms with Crippen molar-refractivity contribution in [1.29, 1.82) is 0 Å². The van der Waals surface area contributed by atoms with Crippen LogP contribution in [0.5, 0.6) is 0 Å². The smallest absolute Gasteiger partial charge is 0.243 e. The number of hydrogen-bond donors (Lipinski definition) is 2. The standard InChI is InChI=1S/C15H32N4O3.HI/c1-13(2)22-10-7-6-8-16-15(17-9-11-21-5)18-12-14(20)19(3)4;/h13H,6-12H2,1-5H3,(H2,16,17,18);1H. The van der Waals surface area contributed by atoms with E-state index in [4.69, 9.17) is 9.47 Å². The van der Waals surface area contributed by atoms with Crippen molar-refractivity contribution >= 4 is 35.8 Å². The summed E-state index contributed by atoms with van der Waals surface area (Å²) in [5.74, 6) is 0.607. The highest BCUT2D eigenvalue weighted by atomic mass is 127. The molecule has 0 saturated heterocycles. The lowest BCUT2D eigenvalue weighted by Crippen LogP contribution is -2.40. The summed E-state index contributed by atoms with van der Waals surface area (Å²) in [5, 5.41) is 6.35. The lowest BCUT2D eigenvalue weighted by Gasteiger charge is -2.14. The molecule has 0 unspecified atom stereocenters. The maximum atomic E-state index is 11.6. The van der Waals surface area contributed by atoms with Crippen molar-refractivity contribution in [2.24, 2.45) is 4.99 Å². The van der Waals surface area contributed by atoms with Gasteiger partial charge in [0.25, 0.3) is 0 Å². The number of halogens is 1. The molecule has 0 bridgehead atoms. The van der Waals surface area contributed by atoms with E-state index >= 15 is 0 Å². The van der Waals surface area contributed by atoms with E-state index in [1.807, 2.05) is 13.8 Å². The first kappa shape index (κ1) is 24.6. The van der Waals surface area contributed by atoms with Gasteiger partial charge in [-0.25, -0.2) is 4.99 Å². The third kappa shape index (κ3) is 16.0. The molecule has 23 heavy (non-hydrogen) atoms. The predicted octanol–water partition coefficient (Wildman–Crippen LogP) is 1.08. The summed E-state index contributed by atoms with van der Waals surface area (Å²) in [6.45, 7) is 6.98. The molecule has 8 heteroatoms. The van der Waals surface area contributed by atoms with Gasteiger partial charge in [-0.15, -0.1) is 24.0 Å². The van der Waals surface area contributed by atoms with Gasteiger partial charge in [-0.3, -0.25) is 4.79 Å². The van der Waals surface area contributed by atoms with Crippen molar-refractivity contribution in [2.45, 2.75) is 32.8 Å². The molecule has 0 aliphatic heterocycles. The van der Waals surface area contributed by atoms with Gasteiger partial charge >= 0.3 is 0 Å². The van der Waals surface area contributed by atoms with Crippen molar-refractivity contribution < 1.29 is 14.3 Å². The largest absolute Gasteiger partial charge is 0.383 e. The summed E-state index contributed by atoms with van der Waals surface area (Å²) < 4.78 is 10.5. The van der Waals surface area contributed by atoms with E-state index in [1.54, 1.807) is 21.2 Å². The summed E-state index contributed by atoms with van der Waals surface area (Å²) in [7, 11) is 5.09. The fourth-order valence-electron chi connectivity index (χ4n) is 1.49. The SMILES string of the molecule is COCCNC(=NCC(=O)N(C)C)NCCCCOC(C)C.I. The highest BCUT2D eigenvalue weighted by Gasteiger charge is 2.04. The van der Waals surface area contributed by atoms with E-state index in [0.717, 1.165) is 26.0 Å². The number of likely N-dealkylation sites (N-methyl/N-ethyl adjacent to an activating group) is 1. The van der Waals surface area contributed by atoms with Gasteiger partial charge in [0.15, 0.2) is 5.96 Å². The lowest BCUT2D eigenvalue weighted by atomic mass is 10.3. The van der Waals surface area contributed by atoms with Crippen LogP contribution in [0.4, 0.5) is 0 Å². The molecule has 0 aromatic rings. The second-order valence-electron chi connectivity index (χ2n) is 5.43. The van der Waals surface area contributed by atoms with Crippen molar-refractivity contribution in [2.75, 3.05) is 54.1 Å². The molecule has 138 valence electrons. The summed E-state index contributed by atoms with van der Waals surface area (Å²) in [6, 6.07) is 0. The molecule has 0 fully saturated rings. The third-order valence-corrected chi connectivity index (χ3v) is 2.78. The minimum absolute atomic E-state index is 0. The van der Waals surface area contributed by atoms with Crippen LogP contribution in [0.25, 0.3) is 0 Å². The molecule has 0 atom stereocenters. The Labute approximate surface area is 157 Å². The van der Waals surface area contributed by atoms with Crippen LogP contribution in [0, 0.1) is 0 Å². The van der Waals surface area contributed by atoms with E-state index in [-0.39, 0.29) is 42.5 Å². The zero-order chi connectivity index (χ0) is 16.8. The van der Waals surface area contributed by atoms with Crippen LogP contribution >= 0.6 is 24.0 Å². The molecule has 0 radical (unpaired) electrons. The molecule has 0 aromatic carbocycles. The van der Waals surface area contributed by atoms with Gasteiger partial charge in [0.1, 0.15) is 6.54 Å². The minimum Gasteiger partial charge on any atom is -0.383 e. The van der Waals surface area contributed by atoms with Gasteiger partial charge in [0.05, 0.1) is 12.7 Å². The van der Waals surface area contributed by atoms with E-state index in [0.29, 0.717) is 19.1 Å². The normalized spacial score (nSPS) is 11.1. The summed E-state index contributed by atoms with van der Waals surface area (Å²) >= 11 is 0. The Kier molecular flexibility index (Phi) is 17.4. The molecule has 0 saturated carbocycles. The molecule has 0 aliphatic carbocycles. The number of guanidine groups is 1.